The van der Waals surface area contributed by atoms with E-state index in [9.17, 15) is 0 Å². The molecule has 1 aliphatic carbocycles. The summed E-state index contributed by atoms with van der Waals surface area (Å²) in [5, 5.41) is 1.14. The third-order valence-corrected chi connectivity index (χ3v) is 9.12. The van der Waals surface area contributed by atoms with Gasteiger partial charge in [-0.1, -0.05) is 161 Å². The summed E-state index contributed by atoms with van der Waals surface area (Å²) in [6, 6.07) is 37.1. The highest BCUT2D eigenvalue weighted by Gasteiger charge is 2.22. The van der Waals surface area contributed by atoms with Gasteiger partial charge in [0.25, 0.3) is 0 Å². The molecule has 0 atom stereocenters. The quantitative estimate of drug-likeness (QED) is 0.157. The van der Waals surface area contributed by atoms with Crippen LogP contribution in [0.15, 0.2) is 163 Å². The van der Waals surface area contributed by atoms with E-state index in [1.54, 1.807) is 0 Å². The normalized spacial score (nSPS) is 13.8. The fourth-order valence-corrected chi connectivity index (χ4v) is 6.63. The van der Waals surface area contributed by atoms with Crippen molar-refractivity contribution in [2.24, 2.45) is 5.41 Å². The lowest BCUT2D eigenvalue weighted by atomic mass is 9.79. The number of nitrogens with zero attached hydrogens (tertiary/aromatic N) is 1. The summed E-state index contributed by atoms with van der Waals surface area (Å²) < 4.78 is 0. The van der Waals surface area contributed by atoms with Crippen LogP contribution in [0.5, 0.6) is 0 Å². The van der Waals surface area contributed by atoms with E-state index >= 15 is 0 Å². The highest BCUT2D eigenvalue weighted by molar-refractivity contribution is 5.92. The zero-order chi connectivity index (χ0) is 33.7. The fourth-order valence-electron chi connectivity index (χ4n) is 6.63. The van der Waals surface area contributed by atoms with Crippen LogP contribution in [0.2, 0.25) is 0 Å². The molecule has 1 aromatic heterocycles. The molecule has 238 valence electrons. The molecule has 0 saturated heterocycles. The Labute approximate surface area is 287 Å². The zero-order valence-corrected chi connectivity index (χ0v) is 28.9. The molecular formula is C47H45N. The molecule has 48 heavy (non-hydrogen) atoms. The molecule has 0 spiro atoms. The maximum absolute atomic E-state index is 4.92. The molecule has 1 heteroatoms. The predicted molar refractivity (Wildman–Crippen MR) is 209 cm³/mol. The monoisotopic (exact) mass is 623 g/mol. The Morgan fingerprint density at radius 1 is 0.812 bits per heavy atom. The molecular weight excluding hydrogens is 579 g/mol. The van der Waals surface area contributed by atoms with Crippen LogP contribution in [0.3, 0.4) is 0 Å². The van der Waals surface area contributed by atoms with Crippen molar-refractivity contribution in [2.75, 3.05) is 0 Å². The van der Waals surface area contributed by atoms with Crippen LogP contribution in [0.1, 0.15) is 56.5 Å². The Hall–Kier alpha value is -5.27. The number of rotatable bonds is 8. The molecule has 4 aromatic carbocycles. The zero-order valence-electron chi connectivity index (χ0n) is 28.9. The molecule has 1 nitrogen and oxygen atoms in total. The number of aromatic nitrogens is 1. The molecule has 1 heterocycles. The van der Waals surface area contributed by atoms with Gasteiger partial charge in [0.05, 0.1) is 5.52 Å². The van der Waals surface area contributed by atoms with E-state index in [0.717, 1.165) is 57.3 Å². The number of allylic oxidation sites excluding steroid dienone is 11. The van der Waals surface area contributed by atoms with Crippen molar-refractivity contribution < 1.29 is 0 Å². The molecule has 5 aromatic rings. The Morgan fingerprint density at radius 2 is 1.56 bits per heavy atom. The van der Waals surface area contributed by atoms with Gasteiger partial charge in [0.2, 0.25) is 0 Å². The van der Waals surface area contributed by atoms with E-state index in [0.29, 0.717) is 0 Å². The van der Waals surface area contributed by atoms with E-state index in [2.05, 4.69) is 181 Å². The molecule has 0 aliphatic heterocycles. The molecule has 6 rings (SSSR count). The third kappa shape index (κ3) is 7.16. The summed E-state index contributed by atoms with van der Waals surface area (Å²) in [5.74, 6) is 0. The van der Waals surface area contributed by atoms with Crippen molar-refractivity contribution in [3.63, 3.8) is 0 Å². The van der Waals surface area contributed by atoms with Crippen LogP contribution in [0.4, 0.5) is 0 Å². The lowest BCUT2D eigenvalue weighted by Crippen LogP contribution is -2.11. The van der Waals surface area contributed by atoms with E-state index in [1.165, 1.54) is 33.4 Å². The Bertz CT molecular complexity index is 2120. The molecule has 0 saturated carbocycles. The summed E-state index contributed by atoms with van der Waals surface area (Å²) in [7, 11) is 0. The Balaban J connectivity index is 1.26. The first-order valence-electron chi connectivity index (χ1n) is 17.0. The maximum atomic E-state index is 4.92. The summed E-state index contributed by atoms with van der Waals surface area (Å²) >= 11 is 0. The van der Waals surface area contributed by atoms with Gasteiger partial charge in [0.1, 0.15) is 0 Å². The minimum atomic E-state index is 0.0875. The fraction of sp³-hybridized carbons (Fsp3) is 0.170. The molecule has 0 unspecified atom stereocenters. The first-order valence-corrected chi connectivity index (χ1v) is 17.0. The van der Waals surface area contributed by atoms with E-state index in [4.69, 9.17) is 4.98 Å². The SMILES string of the molecule is C=C(C(/C=C\C)=C/Cc1cccc(-c2ccc(C3=CC=CCC=C3C(C)(C)C)cc2)c1)c1ccccc1-c1cc2ccccc2nc1C. The number of aryl methyl sites for hydroxylation is 1. The number of para-hydroxylation sites is 1. The topological polar surface area (TPSA) is 12.9 Å². The van der Waals surface area contributed by atoms with Crippen LogP contribution in [0.25, 0.3) is 44.3 Å². The highest BCUT2D eigenvalue weighted by Crippen LogP contribution is 2.39. The van der Waals surface area contributed by atoms with Gasteiger partial charge < -0.3 is 0 Å². The standard InChI is InChI=1S/C47H45N/c1-7-16-36(33(2)41-20-12-13-22-43(41)44-32-40-18-11-14-24-46(40)48-34(44)3)26-25-35-17-15-19-39(31-35)37-27-29-38(30-28-37)42-21-9-8-10-23-45(42)47(4,5)6/h7-9,11-24,26-32H,2,10,25H2,1,3-6H3/b16-7-,36-26+. The number of benzene rings is 4. The molecule has 1 aliphatic rings. The van der Waals surface area contributed by atoms with Crippen LogP contribution >= 0.6 is 0 Å². The number of pyridine rings is 1. The minimum Gasteiger partial charge on any atom is -0.252 e. The average molecular weight is 624 g/mol. The number of hydrogen-bond donors (Lipinski definition) is 0. The molecule has 0 N–H and O–H groups in total. The maximum Gasteiger partial charge on any atom is 0.0705 e. The van der Waals surface area contributed by atoms with Crippen molar-refractivity contribution >= 4 is 22.0 Å². The molecule has 0 bridgehead atoms. The van der Waals surface area contributed by atoms with E-state index in [1.807, 2.05) is 6.07 Å². The summed E-state index contributed by atoms with van der Waals surface area (Å²) in [5.41, 5.74) is 15.4. The first-order chi connectivity index (χ1) is 23.2. The van der Waals surface area contributed by atoms with Gasteiger partial charge in [-0.2, -0.15) is 0 Å². The molecule has 0 amide bonds. The largest absolute Gasteiger partial charge is 0.252 e. The van der Waals surface area contributed by atoms with Crippen LogP contribution < -0.4 is 0 Å². The van der Waals surface area contributed by atoms with Gasteiger partial charge in [-0.3, -0.25) is 4.98 Å². The van der Waals surface area contributed by atoms with Gasteiger partial charge in [-0.05, 0) is 99.9 Å². The van der Waals surface area contributed by atoms with Crippen molar-refractivity contribution in [3.8, 4) is 22.3 Å². The van der Waals surface area contributed by atoms with Gasteiger partial charge in [-0.15, -0.1) is 0 Å². The second-order valence-corrected chi connectivity index (χ2v) is 13.6. The summed E-state index contributed by atoms with van der Waals surface area (Å²) in [4.78, 5) is 4.92. The van der Waals surface area contributed by atoms with Gasteiger partial charge >= 0.3 is 0 Å². The molecule has 0 fully saturated rings. The lowest BCUT2D eigenvalue weighted by molar-refractivity contribution is 0.519. The van der Waals surface area contributed by atoms with Crippen molar-refractivity contribution in [1.82, 2.24) is 4.98 Å². The lowest BCUT2D eigenvalue weighted by Gasteiger charge is -2.25. The number of fused-ring (bicyclic) bond motifs is 1. The second-order valence-electron chi connectivity index (χ2n) is 13.6. The van der Waals surface area contributed by atoms with Crippen LogP contribution in [0, 0.1) is 12.3 Å². The first kappa shape index (κ1) is 32.7. The second kappa shape index (κ2) is 14.2. The highest BCUT2D eigenvalue weighted by atomic mass is 14.7. The third-order valence-electron chi connectivity index (χ3n) is 9.12. The smallest absolute Gasteiger partial charge is 0.0705 e. The summed E-state index contributed by atoms with van der Waals surface area (Å²) in [6.45, 7) is 15.7. The Kier molecular flexibility index (Phi) is 9.69. The van der Waals surface area contributed by atoms with Crippen molar-refractivity contribution in [3.05, 3.63) is 186 Å². The van der Waals surface area contributed by atoms with Gasteiger partial charge in [-0.25, -0.2) is 0 Å². The average Bonchev–Trinajstić information content (AvgIpc) is 3.37. The van der Waals surface area contributed by atoms with Gasteiger partial charge in [0, 0.05) is 16.6 Å². The van der Waals surface area contributed by atoms with E-state index in [-0.39, 0.29) is 5.41 Å². The molecule has 0 radical (unpaired) electrons. The van der Waals surface area contributed by atoms with Crippen molar-refractivity contribution in [2.45, 2.75) is 47.5 Å². The van der Waals surface area contributed by atoms with Gasteiger partial charge in [0.15, 0.2) is 0 Å². The number of hydrogen-bond acceptors (Lipinski definition) is 1. The minimum absolute atomic E-state index is 0.0875. The van der Waals surface area contributed by atoms with Crippen molar-refractivity contribution in [1.29, 1.82) is 0 Å². The van der Waals surface area contributed by atoms with Crippen LogP contribution in [-0.2, 0) is 6.42 Å². The van der Waals surface area contributed by atoms with E-state index < -0.39 is 0 Å². The summed E-state index contributed by atoms with van der Waals surface area (Å²) in [6.07, 6.45) is 17.4. The Morgan fingerprint density at radius 3 is 2.35 bits per heavy atom. The predicted octanol–water partition coefficient (Wildman–Crippen LogP) is 13.0. The van der Waals surface area contributed by atoms with Crippen LogP contribution in [-0.4, -0.2) is 4.98 Å².